The van der Waals surface area contributed by atoms with E-state index in [1.807, 2.05) is 0 Å². The molecule has 1 aliphatic carbocycles. The van der Waals surface area contributed by atoms with Crippen LogP contribution in [0.5, 0.6) is 0 Å². The monoisotopic (exact) mass is 672 g/mol. The molecule has 2 aromatic carbocycles. The molecule has 1 amide bonds. The SMILES string of the molecule is C[C@@H]1C[C@H](N(Cc2cc(Cl)cc(C(F)(F)F)c2)c2nnn(C)n2)c2cc(C(F)(F)F)ccc2N1C(=O)C1CCC(CC(=O)O)CC1. The Morgan fingerprint density at radius 1 is 1.00 bits per heavy atom. The van der Waals surface area contributed by atoms with Crippen molar-refractivity contribution >= 4 is 35.1 Å². The van der Waals surface area contributed by atoms with Crippen LogP contribution in [0, 0.1) is 11.8 Å². The van der Waals surface area contributed by atoms with Crippen molar-refractivity contribution < 1.29 is 41.0 Å². The van der Waals surface area contributed by atoms with Gasteiger partial charge in [0.25, 0.3) is 5.95 Å². The lowest BCUT2D eigenvalue weighted by Crippen LogP contribution is -2.49. The Morgan fingerprint density at radius 2 is 1.67 bits per heavy atom. The van der Waals surface area contributed by atoms with Gasteiger partial charge < -0.3 is 14.9 Å². The number of aliphatic carboxylic acids is 1. The van der Waals surface area contributed by atoms with E-state index in [0.29, 0.717) is 25.7 Å². The van der Waals surface area contributed by atoms with Crippen LogP contribution >= 0.6 is 11.6 Å². The summed E-state index contributed by atoms with van der Waals surface area (Å²) in [5.41, 5.74) is -1.46. The highest BCUT2D eigenvalue weighted by atomic mass is 35.5. The molecular weight excluding hydrogens is 642 g/mol. The molecule has 248 valence electrons. The molecule has 0 spiro atoms. The van der Waals surface area contributed by atoms with E-state index in [0.717, 1.165) is 29.1 Å². The zero-order valence-corrected chi connectivity index (χ0v) is 25.6. The van der Waals surface area contributed by atoms with E-state index in [2.05, 4.69) is 15.4 Å². The van der Waals surface area contributed by atoms with Gasteiger partial charge in [-0.3, -0.25) is 9.59 Å². The molecule has 0 unspecified atom stereocenters. The number of amides is 1. The number of alkyl halides is 6. The number of aryl methyl sites for hydroxylation is 1. The van der Waals surface area contributed by atoms with Crippen LogP contribution < -0.4 is 9.80 Å². The Kier molecular flexibility index (Phi) is 9.26. The predicted molar refractivity (Wildman–Crippen MR) is 155 cm³/mol. The van der Waals surface area contributed by atoms with Gasteiger partial charge in [-0.05, 0) is 97.7 Å². The minimum Gasteiger partial charge on any atom is -0.481 e. The Labute approximate surface area is 265 Å². The lowest BCUT2D eigenvalue weighted by Gasteiger charge is -2.45. The summed E-state index contributed by atoms with van der Waals surface area (Å²) < 4.78 is 83.0. The maximum atomic E-state index is 14.0. The van der Waals surface area contributed by atoms with Gasteiger partial charge >= 0.3 is 18.3 Å². The third-order valence-corrected chi connectivity index (χ3v) is 8.86. The van der Waals surface area contributed by atoms with Gasteiger partial charge in [0.1, 0.15) is 0 Å². The van der Waals surface area contributed by atoms with E-state index in [9.17, 15) is 35.9 Å². The first-order chi connectivity index (χ1) is 21.5. The largest absolute Gasteiger partial charge is 0.481 e. The average molecular weight is 673 g/mol. The molecule has 1 aromatic heterocycles. The van der Waals surface area contributed by atoms with Crippen molar-refractivity contribution in [2.75, 3.05) is 9.80 Å². The summed E-state index contributed by atoms with van der Waals surface area (Å²) in [6.45, 7) is 1.49. The summed E-state index contributed by atoms with van der Waals surface area (Å²) in [4.78, 5) is 29.2. The molecule has 46 heavy (non-hydrogen) atoms. The first-order valence-corrected chi connectivity index (χ1v) is 15.0. The lowest BCUT2D eigenvalue weighted by molar-refractivity contribution is -0.139. The summed E-state index contributed by atoms with van der Waals surface area (Å²) in [5.74, 6) is -1.70. The van der Waals surface area contributed by atoms with Crippen molar-refractivity contribution in [3.8, 4) is 0 Å². The Bertz CT molecular complexity index is 1600. The van der Waals surface area contributed by atoms with Gasteiger partial charge in [0, 0.05) is 35.6 Å². The van der Waals surface area contributed by atoms with Gasteiger partial charge in [-0.15, -0.1) is 5.10 Å². The maximum absolute atomic E-state index is 14.0. The number of anilines is 2. The molecule has 0 radical (unpaired) electrons. The van der Waals surface area contributed by atoms with E-state index >= 15 is 0 Å². The normalized spacial score (nSPS) is 22.0. The van der Waals surface area contributed by atoms with Crippen LogP contribution in [0.3, 0.4) is 0 Å². The van der Waals surface area contributed by atoms with E-state index in [1.54, 1.807) is 6.92 Å². The summed E-state index contributed by atoms with van der Waals surface area (Å²) in [6.07, 6.45) is -7.33. The Balaban J connectivity index is 1.56. The van der Waals surface area contributed by atoms with Gasteiger partial charge in [-0.1, -0.05) is 16.7 Å². The Morgan fingerprint density at radius 3 is 2.26 bits per heavy atom. The van der Waals surface area contributed by atoms with Gasteiger partial charge in [-0.2, -0.15) is 31.1 Å². The minimum atomic E-state index is -4.72. The van der Waals surface area contributed by atoms with Crippen LogP contribution in [-0.4, -0.2) is 43.2 Å². The summed E-state index contributed by atoms with van der Waals surface area (Å²) in [5, 5.41) is 21.1. The number of aromatic nitrogens is 4. The zero-order valence-electron chi connectivity index (χ0n) is 24.8. The highest BCUT2D eigenvalue weighted by Gasteiger charge is 2.42. The molecule has 16 heteroatoms. The van der Waals surface area contributed by atoms with E-state index in [1.165, 1.54) is 29.0 Å². The molecule has 2 heterocycles. The first kappa shape index (κ1) is 33.5. The second kappa shape index (κ2) is 12.7. The number of fused-ring (bicyclic) bond motifs is 1. The molecule has 2 atom stereocenters. The molecule has 0 saturated heterocycles. The Hall–Kier alpha value is -3.88. The van der Waals surface area contributed by atoms with Crippen LogP contribution in [0.15, 0.2) is 36.4 Å². The van der Waals surface area contributed by atoms with Crippen LogP contribution in [0.25, 0.3) is 0 Å². The van der Waals surface area contributed by atoms with Crippen molar-refractivity contribution in [1.82, 2.24) is 20.2 Å². The minimum absolute atomic E-state index is 0.00903. The van der Waals surface area contributed by atoms with Crippen LogP contribution in [0.4, 0.5) is 38.0 Å². The molecule has 1 aliphatic heterocycles. The van der Waals surface area contributed by atoms with Gasteiger partial charge in [0.2, 0.25) is 5.91 Å². The molecule has 2 aliphatic rings. The molecule has 3 aromatic rings. The van der Waals surface area contributed by atoms with Crippen LogP contribution in [0.2, 0.25) is 5.02 Å². The number of carbonyl (C=O) groups excluding carboxylic acids is 1. The molecule has 1 saturated carbocycles. The van der Waals surface area contributed by atoms with Gasteiger partial charge in [-0.25, -0.2) is 0 Å². The van der Waals surface area contributed by atoms with Crippen molar-refractivity contribution in [1.29, 1.82) is 0 Å². The number of benzene rings is 2. The highest BCUT2D eigenvalue weighted by Crippen LogP contribution is 2.46. The van der Waals surface area contributed by atoms with Crippen LogP contribution in [-0.2, 0) is 35.5 Å². The fourth-order valence-electron chi connectivity index (χ4n) is 6.51. The fourth-order valence-corrected chi connectivity index (χ4v) is 6.77. The first-order valence-electron chi connectivity index (χ1n) is 14.6. The number of carboxylic acid groups (broad SMARTS) is 1. The summed E-state index contributed by atoms with van der Waals surface area (Å²) >= 11 is 6.05. The quantitative estimate of drug-likeness (QED) is 0.268. The van der Waals surface area contributed by atoms with Gasteiger partial charge in [0.05, 0.1) is 24.2 Å². The fraction of sp³-hybridized carbons (Fsp3) is 0.500. The van der Waals surface area contributed by atoms with Crippen LogP contribution in [0.1, 0.15) is 73.7 Å². The molecule has 5 rings (SSSR count). The molecule has 0 bridgehead atoms. The smallest absolute Gasteiger partial charge is 0.416 e. The summed E-state index contributed by atoms with van der Waals surface area (Å²) in [6, 6.07) is 4.68. The van der Waals surface area contributed by atoms with Crippen molar-refractivity contribution in [2.24, 2.45) is 18.9 Å². The molecule has 1 fully saturated rings. The topological polar surface area (TPSA) is 104 Å². The number of rotatable bonds is 7. The second-order valence-electron chi connectivity index (χ2n) is 11.9. The van der Waals surface area contributed by atoms with Crippen molar-refractivity contribution in [3.05, 3.63) is 63.7 Å². The third-order valence-electron chi connectivity index (χ3n) is 8.64. The molecule has 1 N–H and O–H groups in total. The average Bonchev–Trinajstić information content (AvgIpc) is 3.39. The second-order valence-corrected chi connectivity index (χ2v) is 12.4. The van der Waals surface area contributed by atoms with E-state index in [4.69, 9.17) is 16.7 Å². The number of tetrazole rings is 1. The van der Waals surface area contributed by atoms with Crippen molar-refractivity contribution in [2.45, 2.75) is 76.4 Å². The molecular formula is C30H31ClF6N6O3. The van der Waals surface area contributed by atoms with Crippen molar-refractivity contribution in [3.63, 3.8) is 0 Å². The maximum Gasteiger partial charge on any atom is 0.416 e. The number of hydrogen-bond acceptors (Lipinski definition) is 6. The standard InChI is InChI=1S/C30H31ClF6N6O3/c1-16-9-25(42(28-38-40-41(2)39-28)15-18-10-21(30(35,36)37)13-22(31)11-18)23-14-20(29(32,33)34)7-8-24(23)43(16)27(46)19-5-3-17(4-6-19)12-26(44)45/h7-8,10-11,13-14,16-17,19,25H,3-6,9,12,15H2,1-2H3,(H,44,45)/t16-,17?,19?,25+/m1/s1. The van der Waals surface area contributed by atoms with E-state index in [-0.39, 0.29) is 59.0 Å². The number of carbonyl (C=O) groups is 2. The van der Waals surface area contributed by atoms with E-state index < -0.39 is 47.5 Å². The summed E-state index contributed by atoms with van der Waals surface area (Å²) in [7, 11) is 1.47. The zero-order chi connectivity index (χ0) is 33.6. The third kappa shape index (κ3) is 7.24. The number of hydrogen-bond donors (Lipinski definition) is 1. The van der Waals surface area contributed by atoms with Gasteiger partial charge in [0.15, 0.2) is 0 Å². The number of halogens is 7. The molecule has 9 nitrogen and oxygen atoms in total. The highest BCUT2D eigenvalue weighted by molar-refractivity contribution is 6.30. The number of nitrogens with zero attached hydrogens (tertiary/aromatic N) is 6. The lowest BCUT2D eigenvalue weighted by atomic mass is 9.79. The predicted octanol–water partition coefficient (Wildman–Crippen LogP) is 7.06. The number of carboxylic acids is 1.